The van der Waals surface area contributed by atoms with Crippen molar-refractivity contribution in [2.75, 3.05) is 18.4 Å². The zero-order chi connectivity index (χ0) is 14.7. The second kappa shape index (κ2) is 6.39. The minimum Gasteiger partial charge on any atom is -0.334 e. The summed E-state index contributed by atoms with van der Waals surface area (Å²) >= 11 is 3.41. The Bertz CT molecular complexity index is 531. The molecule has 0 radical (unpaired) electrons. The highest BCUT2D eigenvalue weighted by atomic mass is 79.9. The average Bonchev–Trinajstić information content (AvgIpc) is 2.42. The lowest BCUT2D eigenvalue weighted by Crippen LogP contribution is -2.44. The molecule has 1 unspecified atom stereocenters. The lowest BCUT2D eigenvalue weighted by atomic mass is 10.0. The van der Waals surface area contributed by atoms with Gasteiger partial charge in [0.1, 0.15) is 0 Å². The zero-order valence-corrected chi connectivity index (χ0v) is 13.4. The topological polar surface area (TPSA) is 49.4 Å². The first-order chi connectivity index (χ1) is 9.47. The van der Waals surface area contributed by atoms with Gasteiger partial charge in [-0.15, -0.1) is 0 Å². The van der Waals surface area contributed by atoms with E-state index in [9.17, 15) is 9.59 Å². The summed E-state index contributed by atoms with van der Waals surface area (Å²) in [6.45, 7) is 5.42. The smallest absolute Gasteiger partial charge is 0.313 e. The molecule has 2 amide bonds. The summed E-state index contributed by atoms with van der Waals surface area (Å²) < 4.78 is 0.911. The normalized spacial score (nSPS) is 18.8. The van der Waals surface area contributed by atoms with E-state index in [1.165, 1.54) is 0 Å². The number of amides is 2. The van der Waals surface area contributed by atoms with E-state index in [1.54, 1.807) is 17.0 Å². The molecule has 1 aliphatic heterocycles. The Balaban J connectivity index is 2.00. The van der Waals surface area contributed by atoms with Crippen molar-refractivity contribution in [1.82, 2.24) is 4.90 Å². The number of anilines is 1. The zero-order valence-electron chi connectivity index (χ0n) is 11.8. The van der Waals surface area contributed by atoms with Gasteiger partial charge in [0.2, 0.25) is 0 Å². The number of hydrogen-bond donors (Lipinski definition) is 1. The number of halogens is 1. The standard InChI is InChI=1S/C15H19BrN2O2/c1-10-4-3-7-18(9-10)15(20)14(19)17-12-6-5-11(2)13(16)8-12/h5-6,8,10H,3-4,7,9H2,1-2H3,(H,17,19). The fourth-order valence-corrected chi connectivity index (χ4v) is 2.75. The molecule has 0 aromatic heterocycles. The third kappa shape index (κ3) is 3.60. The van der Waals surface area contributed by atoms with Crippen molar-refractivity contribution in [2.45, 2.75) is 26.7 Å². The fourth-order valence-electron chi connectivity index (χ4n) is 2.37. The highest BCUT2D eigenvalue weighted by molar-refractivity contribution is 9.10. The quantitative estimate of drug-likeness (QED) is 0.800. The molecule has 0 saturated carbocycles. The van der Waals surface area contributed by atoms with Crippen LogP contribution in [-0.2, 0) is 9.59 Å². The van der Waals surface area contributed by atoms with Gasteiger partial charge in [-0.2, -0.15) is 0 Å². The number of carbonyl (C=O) groups is 2. The summed E-state index contributed by atoms with van der Waals surface area (Å²) in [7, 11) is 0. The van der Waals surface area contributed by atoms with Crippen LogP contribution in [0.2, 0.25) is 0 Å². The molecule has 1 aliphatic rings. The van der Waals surface area contributed by atoms with Crippen LogP contribution < -0.4 is 5.32 Å². The maximum absolute atomic E-state index is 12.1. The molecule has 108 valence electrons. The number of likely N-dealkylation sites (tertiary alicyclic amines) is 1. The Kier molecular flexibility index (Phi) is 4.81. The Labute approximate surface area is 127 Å². The number of rotatable bonds is 1. The number of hydrogen-bond acceptors (Lipinski definition) is 2. The molecule has 20 heavy (non-hydrogen) atoms. The highest BCUT2D eigenvalue weighted by Gasteiger charge is 2.26. The van der Waals surface area contributed by atoms with Crippen LogP contribution in [-0.4, -0.2) is 29.8 Å². The van der Waals surface area contributed by atoms with Gasteiger partial charge in [-0.25, -0.2) is 0 Å². The summed E-state index contributed by atoms with van der Waals surface area (Å²) in [6, 6.07) is 5.50. The van der Waals surface area contributed by atoms with Crippen LogP contribution in [0.1, 0.15) is 25.3 Å². The van der Waals surface area contributed by atoms with Crippen molar-refractivity contribution in [1.29, 1.82) is 0 Å². The first kappa shape index (κ1) is 15.0. The summed E-state index contributed by atoms with van der Waals surface area (Å²) in [5.41, 5.74) is 1.71. The van der Waals surface area contributed by atoms with E-state index in [4.69, 9.17) is 0 Å². The van der Waals surface area contributed by atoms with Crippen molar-refractivity contribution < 1.29 is 9.59 Å². The van der Waals surface area contributed by atoms with Crippen molar-refractivity contribution >= 4 is 33.4 Å². The molecule has 2 rings (SSSR count). The first-order valence-electron chi connectivity index (χ1n) is 6.84. The third-order valence-electron chi connectivity index (χ3n) is 3.57. The molecule has 1 aromatic carbocycles. The summed E-state index contributed by atoms with van der Waals surface area (Å²) in [4.78, 5) is 25.7. The van der Waals surface area contributed by atoms with Gasteiger partial charge in [-0.3, -0.25) is 9.59 Å². The molecular weight excluding hydrogens is 320 g/mol. The van der Waals surface area contributed by atoms with E-state index in [-0.39, 0.29) is 0 Å². The van der Waals surface area contributed by atoms with Gasteiger partial charge in [0.25, 0.3) is 0 Å². The van der Waals surface area contributed by atoms with E-state index in [2.05, 4.69) is 28.2 Å². The summed E-state index contributed by atoms with van der Waals surface area (Å²) in [6.07, 6.45) is 2.09. The van der Waals surface area contributed by atoms with Crippen LogP contribution >= 0.6 is 15.9 Å². The van der Waals surface area contributed by atoms with Gasteiger partial charge in [0.15, 0.2) is 0 Å². The maximum atomic E-state index is 12.1. The van der Waals surface area contributed by atoms with E-state index in [1.807, 2.05) is 13.0 Å². The Morgan fingerprint density at radius 3 is 2.80 bits per heavy atom. The van der Waals surface area contributed by atoms with Gasteiger partial charge in [-0.05, 0) is 43.4 Å². The Morgan fingerprint density at radius 2 is 2.15 bits per heavy atom. The lowest BCUT2D eigenvalue weighted by Gasteiger charge is -2.30. The van der Waals surface area contributed by atoms with Gasteiger partial charge in [0.05, 0.1) is 0 Å². The van der Waals surface area contributed by atoms with E-state index < -0.39 is 11.8 Å². The molecule has 1 saturated heterocycles. The van der Waals surface area contributed by atoms with Gasteiger partial charge in [-0.1, -0.05) is 28.9 Å². The molecule has 4 nitrogen and oxygen atoms in total. The predicted octanol–water partition coefficient (Wildman–Crippen LogP) is 2.95. The highest BCUT2D eigenvalue weighted by Crippen LogP contribution is 2.21. The first-order valence-corrected chi connectivity index (χ1v) is 7.63. The summed E-state index contributed by atoms with van der Waals surface area (Å²) in [5, 5.41) is 2.66. The Morgan fingerprint density at radius 1 is 1.40 bits per heavy atom. The molecule has 0 aliphatic carbocycles. The van der Waals surface area contributed by atoms with Crippen LogP contribution in [0.25, 0.3) is 0 Å². The predicted molar refractivity (Wildman–Crippen MR) is 82.5 cm³/mol. The van der Waals surface area contributed by atoms with Crippen molar-refractivity contribution in [2.24, 2.45) is 5.92 Å². The van der Waals surface area contributed by atoms with Gasteiger partial charge >= 0.3 is 11.8 Å². The third-order valence-corrected chi connectivity index (χ3v) is 4.42. The molecule has 0 spiro atoms. The average molecular weight is 339 g/mol. The molecule has 1 atom stereocenters. The van der Waals surface area contributed by atoms with Crippen molar-refractivity contribution in [3.8, 4) is 0 Å². The maximum Gasteiger partial charge on any atom is 0.313 e. The van der Waals surface area contributed by atoms with E-state index >= 15 is 0 Å². The second-order valence-corrected chi connectivity index (χ2v) is 6.27. The van der Waals surface area contributed by atoms with Crippen LogP contribution in [0.15, 0.2) is 22.7 Å². The SMILES string of the molecule is Cc1ccc(NC(=O)C(=O)N2CCCC(C)C2)cc1Br. The molecular formula is C15H19BrN2O2. The minimum atomic E-state index is -0.560. The fraction of sp³-hybridized carbons (Fsp3) is 0.467. The lowest BCUT2D eigenvalue weighted by molar-refractivity contribution is -0.144. The number of nitrogens with one attached hydrogen (secondary N) is 1. The molecule has 1 fully saturated rings. The second-order valence-electron chi connectivity index (χ2n) is 5.42. The molecule has 1 aromatic rings. The van der Waals surface area contributed by atoms with Crippen LogP contribution in [0.3, 0.4) is 0 Å². The van der Waals surface area contributed by atoms with Crippen LogP contribution in [0, 0.1) is 12.8 Å². The largest absolute Gasteiger partial charge is 0.334 e. The van der Waals surface area contributed by atoms with Crippen molar-refractivity contribution in [3.63, 3.8) is 0 Å². The van der Waals surface area contributed by atoms with E-state index in [0.717, 1.165) is 22.9 Å². The van der Waals surface area contributed by atoms with Gasteiger partial charge in [0, 0.05) is 23.2 Å². The van der Waals surface area contributed by atoms with Gasteiger partial charge < -0.3 is 10.2 Å². The monoisotopic (exact) mass is 338 g/mol. The molecule has 1 heterocycles. The van der Waals surface area contributed by atoms with Crippen molar-refractivity contribution in [3.05, 3.63) is 28.2 Å². The van der Waals surface area contributed by atoms with Crippen LogP contribution in [0.4, 0.5) is 5.69 Å². The number of aryl methyl sites for hydroxylation is 1. The van der Waals surface area contributed by atoms with E-state index in [0.29, 0.717) is 24.7 Å². The Hall–Kier alpha value is -1.36. The summed E-state index contributed by atoms with van der Waals surface area (Å²) in [5.74, 6) is -0.530. The molecule has 1 N–H and O–H groups in total. The number of piperidine rings is 1. The molecule has 0 bridgehead atoms. The number of carbonyl (C=O) groups excluding carboxylic acids is 2. The minimum absolute atomic E-state index is 0.437. The van der Waals surface area contributed by atoms with Crippen LogP contribution in [0.5, 0.6) is 0 Å². The number of benzene rings is 1. The number of nitrogens with zero attached hydrogens (tertiary/aromatic N) is 1. The molecule has 5 heteroatoms.